The number of urea groups is 1. The zero-order valence-corrected chi connectivity index (χ0v) is 12.4. The van der Waals surface area contributed by atoms with Crippen LogP contribution in [0.4, 0.5) is 10.5 Å². The van der Waals surface area contributed by atoms with Gasteiger partial charge in [0.2, 0.25) is 0 Å². The maximum atomic E-state index is 11.8. The Hall–Kier alpha value is -2.67. The Balaban J connectivity index is 2.07. The van der Waals surface area contributed by atoms with Crippen LogP contribution < -0.4 is 16.2 Å². The summed E-state index contributed by atoms with van der Waals surface area (Å²) in [6, 6.07) is 9.83. The summed E-state index contributed by atoms with van der Waals surface area (Å²) in [6.45, 7) is 2.29. The molecule has 116 valence electrons. The lowest BCUT2D eigenvalue weighted by Gasteiger charge is -2.14. The monoisotopic (exact) mass is 302 g/mol. The lowest BCUT2D eigenvalue weighted by Crippen LogP contribution is -2.38. The summed E-state index contributed by atoms with van der Waals surface area (Å²) in [4.78, 5) is 22.9. The molecule has 2 amide bonds. The minimum absolute atomic E-state index is 0.0888. The van der Waals surface area contributed by atoms with Crippen molar-refractivity contribution in [2.45, 2.75) is 13.0 Å². The van der Waals surface area contributed by atoms with Gasteiger partial charge >= 0.3 is 6.03 Å². The van der Waals surface area contributed by atoms with Crippen LogP contribution in [0.5, 0.6) is 0 Å². The average Bonchev–Trinajstić information content (AvgIpc) is 2.48. The molecule has 1 aromatic heterocycles. The fourth-order valence-electron chi connectivity index (χ4n) is 1.94. The largest absolute Gasteiger partial charge is 0.383 e. The second kappa shape index (κ2) is 7.37. The molecule has 7 nitrogen and oxygen atoms in total. The number of rotatable bonds is 5. The predicted octanol–water partition coefficient (Wildman–Crippen LogP) is 1.59. The van der Waals surface area contributed by atoms with Gasteiger partial charge in [-0.15, -0.1) is 0 Å². The van der Waals surface area contributed by atoms with Gasteiger partial charge in [-0.1, -0.05) is 12.1 Å². The third-order valence-electron chi connectivity index (χ3n) is 2.89. The molecule has 0 radical (unpaired) electrons. The maximum absolute atomic E-state index is 11.8. The number of hydrogen-bond acceptors (Lipinski definition) is 4. The zero-order valence-electron chi connectivity index (χ0n) is 12.4. The van der Waals surface area contributed by atoms with Crippen LogP contribution in [0.2, 0.25) is 0 Å². The second-order valence-electron chi connectivity index (χ2n) is 4.84. The molecule has 1 heterocycles. The first-order valence-corrected chi connectivity index (χ1v) is 6.81. The number of aromatic nitrogens is 2. The first kappa shape index (κ1) is 15.7. The van der Waals surface area contributed by atoms with Gasteiger partial charge in [0, 0.05) is 24.4 Å². The van der Waals surface area contributed by atoms with E-state index in [0.29, 0.717) is 18.0 Å². The van der Waals surface area contributed by atoms with Gasteiger partial charge in [-0.25, -0.2) is 9.89 Å². The number of methoxy groups -OCH3 is 1. The quantitative estimate of drug-likeness (QED) is 0.781. The number of ether oxygens (including phenoxy) is 1. The van der Waals surface area contributed by atoms with Gasteiger partial charge in [0.15, 0.2) is 0 Å². The van der Waals surface area contributed by atoms with E-state index >= 15 is 0 Å². The first-order valence-electron chi connectivity index (χ1n) is 6.81. The van der Waals surface area contributed by atoms with Gasteiger partial charge < -0.3 is 15.4 Å². The van der Waals surface area contributed by atoms with Crippen molar-refractivity contribution in [3.63, 3.8) is 0 Å². The predicted molar refractivity (Wildman–Crippen MR) is 83.8 cm³/mol. The molecule has 0 spiro atoms. The highest BCUT2D eigenvalue weighted by Crippen LogP contribution is 2.19. The van der Waals surface area contributed by atoms with Gasteiger partial charge in [0.1, 0.15) is 0 Å². The van der Waals surface area contributed by atoms with Crippen LogP contribution in [0.25, 0.3) is 11.3 Å². The van der Waals surface area contributed by atoms with E-state index in [-0.39, 0.29) is 17.6 Å². The summed E-state index contributed by atoms with van der Waals surface area (Å²) in [5, 5.41) is 11.8. The Morgan fingerprint density at radius 1 is 1.36 bits per heavy atom. The van der Waals surface area contributed by atoms with E-state index in [4.69, 9.17) is 4.74 Å². The number of amides is 2. The van der Waals surface area contributed by atoms with Crippen LogP contribution in [0.1, 0.15) is 6.92 Å². The topological polar surface area (TPSA) is 96.1 Å². The lowest BCUT2D eigenvalue weighted by atomic mass is 10.1. The molecule has 0 saturated heterocycles. The molecule has 22 heavy (non-hydrogen) atoms. The number of nitrogens with one attached hydrogen (secondary N) is 3. The van der Waals surface area contributed by atoms with Crippen molar-refractivity contribution in [2.75, 3.05) is 19.0 Å². The molecular weight excluding hydrogens is 284 g/mol. The third-order valence-corrected chi connectivity index (χ3v) is 2.89. The van der Waals surface area contributed by atoms with E-state index in [1.165, 1.54) is 6.07 Å². The van der Waals surface area contributed by atoms with Crippen molar-refractivity contribution in [3.05, 3.63) is 46.8 Å². The molecule has 0 fully saturated rings. The van der Waals surface area contributed by atoms with Crippen molar-refractivity contribution in [1.82, 2.24) is 15.5 Å². The van der Waals surface area contributed by atoms with Gasteiger partial charge in [-0.3, -0.25) is 4.79 Å². The minimum atomic E-state index is -0.309. The first-order chi connectivity index (χ1) is 10.6. The Labute approximate surface area is 127 Å². The van der Waals surface area contributed by atoms with E-state index in [1.807, 2.05) is 13.0 Å². The molecule has 2 rings (SSSR count). The highest BCUT2D eigenvalue weighted by molar-refractivity contribution is 5.90. The number of carbonyl (C=O) groups excluding carboxylic acids is 1. The second-order valence-corrected chi connectivity index (χ2v) is 4.84. The van der Waals surface area contributed by atoms with E-state index in [1.54, 1.807) is 31.4 Å². The normalized spacial score (nSPS) is 11.7. The van der Waals surface area contributed by atoms with Crippen molar-refractivity contribution in [3.8, 4) is 11.3 Å². The molecule has 1 atom stereocenters. The summed E-state index contributed by atoms with van der Waals surface area (Å²) < 4.78 is 4.96. The number of anilines is 1. The fourth-order valence-corrected chi connectivity index (χ4v) is 1.94. The number of nitrogens with zero attached hydrogens (tertiary/aromatic N) is 1. The van der Waals surface area contributed by atoms with Gasteiger partial charge in [-0.2, -0.15) is 5.10 Å². The van der Waals surface area contributed by atoms with Gasteiger partial charge in [0.05, 0.1) is 18.3 Å². The molecule has 0 aliphatic carbocycles. The standard InChI is InChI=1S/C15H18N4O3/c1-10(9-22-2)16-15(21)17-12-5-3-4-11(8-12)13-6-7-14(20)19-18-13/h3-8,10H,9H2,1-2H3,(H,19,20)(H2,16,17,21). The van der Waals surface area contributed by atoms with E-state index in [0.717, 1.165) is 5.56 Å². The molecule has 7 heteroatoms. The van der Waals surface area contributed by atoms with E-state index in [2.05, 4.69) is 20.8 Å². The van der Waals surface area contributed by atoms with Crippen LogP contribution >= 0.6 is 0 Å². The molecule has 3 N–H and O–H groups in total. The Morgan fingerprint density at radius 3 is 2.86 bits per heavy atom. The van der Waals surface area contributed by atoms with Crippen LogP contribution in [-0.4, -0.2) is 36.0 Å². The summed E-state index contributed by atoms with van der Waals surface area (Å²) in [6.07, 6.45) is 0. The number of aromatic amines is 1. The Morgan fingerprint density at radius 2 is 2.18 bits per heavy atom. The van der Waals surface area contributed by atoms with Crippen LogP contribution in [0, 0.1) is 0 Å². The van der Waals surface area contributed by atoms with Crippen LogP contribution in [-0.2, 0) is 4.74 Å². The summed E-state index contributed by atoms with van der Waals surface area (Å²) in [5.74, 6) is 0. The molecule has 2 aromatic rings. The summed E-state index contributed by atoms with van der Waals surface area (Å²) >= 11 is 0. The van der Waals surface area contributed by atoms with E-state index < -0.39 is 0 Å². The van der Waals surface area contributed by atoms with Gasteiger partial charge in [0.25, 0.3) is 5.56 Å². The maximum Gasteiger partial charge on any atom is 0.319 e. The molecule has 1 unspecified atom stereocenters. The number of benzene rings is 1. The third kappa shape index (κ3) is 4.42. The molecule has 1 aromatic carbocycles. The smallest absolute Gasteiger partial charge is 0.319 e. The number of carbonyl (C=O) groups is 1. The SMILES string of the molecule is COCC(C)NC(=O)Nc1cccc(-c2ccc(=O)[nH]n2)c1. The molecule has 0 aliphatic heterocycles. The highest BCUT2D eigenvalue weighted by atomic mass is 16.5. The van der Waals surface area contributed by atoms with Crippen LogP contribution in [0.15, 0.2) is 41.2 Å². The molecule has 0 aliphatic rings. The molecule has 0 bridgehead atoms. The summed E-state index contributed by atoms with van der Waals surface area (Å²) in [5.41, 5.74) is 1.78. The lowest BCUT2D eigenvalue weighted by molar-refractivity contribution is 0.173. The number of H-pyrrole nitrogens is 1. The van der Waals surface area contributed by atoms with Crippen molar-refractivity contribution >= 4 is 11.7 Å². The summed E-state index contributed by atoms with van der Waals surface area (Å²) in [7, 11) is 1.58. The van der Waals surface area contributed by atoms with Crippen molar-refractivity contribution in [2.24, 2.45) is 0 Å². The number of hydrogen-bond donors (Lipinski definition) is 3. The fraction of sp³-hybridized carbons (Fsp3) is 0.267. The zero-order chi connectivity index (χ0) is 15.9. The van der Waals surface area contributed by atoms with Crippen LogP contribution in [0.3, 0.4) is 0 Å². The van der Waals surface area contributed by atoms with E-state index in [9.17, 15) is 9.59 Å². The Kier molecular flexibility index (Phi) is 5.26. The molecule has 0 saturated carbocycles. The highest BCUT2D eigenvalue weighted by Gasteiger charge is 2.08. The molecular formula is C15H18N4O3. The van der Waals surface area contributed by atoms with Crippen molar-refractivity contribution < 1.29 is 9.53 Å². The van der Waals surface area contributed by atoms with Gasteiger partial charge in [-0.05, 0) is 25.1 Å². The van der Waals surface area contributed by atoms with Crippen molar-refractivity contribution in [1.29, 1.82) is 0 Å². The Bertz CT molecular complexity index is 679. The average molecular weight is 302 g/mol. The minimum Gasteiger partial charge on any atom is -0.383 e.